The molecule has 26 heavy (non-hydrogen) atoms. The molecule has 4 amide bonds. The molecule has 2 fully saturated rings. The van der Waals surface area contributed by atoms with Gasteiger partial charge in [0.15, 0.2) is 0 Å². The largest absolute Gasteiger partial charge is 0.338 e. The lowest BCUT2D eigenvalue weighted by Gasteiger charge is -2.33. The summed E-state index contributed by atoms with van der Waals surface area (Å²) in [6, 6.07) is -0.552. The molecule has 0 saturated carbocycles. The number of sulfonamides is 1. The third-order valence-corrected chi connectivity index (χ3v) is 6.22. The zero-order chi connectivity index (χ0) is 19.7. The summed E-state index contributed by atoms with van der Waals surface area (Å²) in [6.45, 7) is 6.39. The van der Waals surface area contributed by atoms with E-state index in [1.54, 1.807) is 6.92 Å². The second kappa shape index (κ2) is 7.51. The van der Waals surface area contributed by atoms with Crippen molar-refractivity contribution in [1.82, 2.24) is 19.4 Å². The molecule has 1 atom stereocenters. The lowest BCUT2D eigenvalue weighted by molar-refractivity contribution is -0.139. The fourth-order valence-electron chi connectivity index (χ4n) is 3.14. The minimum absolute atomic E-state index is 0.219. The molecule has 0 radical (unpaired) electrons. The molecule has 2 aliphatic heterocycles. The van der Waals surface area contributed by atoms with Gasteiger partial charge in [-0.25, -0.2) is 13.2 Å². The van der Waals surface area contributed by atoms with Gasteiger partial charge in [0.1, 0.15) is 12.1 Å². The Morgan fingerprint density at radius 3 is 2.27 bits per heavy atom. The van der Waals surface area contributed by atoms with Gasteiger partial charge in [0, 0.05) is 26.2 Å². The lowest BCUT2D eigenvalue weighted by Crippen LogP contribution is -2.53. The summed E-state index contributed by atoms with van der Waals surface area (Å²) in [6.07, 6.45) is 2.44. The monoisotopic (exact) mass is 388 g/mol. The van der Waals surface area contributed by atoms with E-state index in [2.05, 4.69) is 5.32 Å². The van der Waals surface area contributed by atoms with Crippen LogP contribution < -0.4 is 5.32 Å². The number of hydrogen-bond acceptors (Lipinski definition) is 5. The molecular formula is C16H28N4O5S. The van der Waals surface area contributed by atoms with Crippen molar-refractivity contribution in [2.24, 2.45) is 5.92 Å². The average Bonchev–Trinajstić information content (AvgIpc) is 2.76. The third kappa shape index (κ3) is 4.53. The van der Waals surface area contributed by atoms with Crippen LogP contribution >= 0.6 is 0 Å². The molecule has 0 bridgehead atoms. The molecule has 0 aromatic carbocycles. The molecule has 9 nitrogen and oxygen atoms in total. The van der Waals surface area contributed by atoms with Crippen LogP contribution in [0.15, 0.2) is 0 Å². The number of nitrogens with zero attached hydrogens (tertiary/aromatic N) is 3. The van der Waals surface area contributed by atoms with E-state index in [0.717, 1.165) is 17.6 Å². The van der Waals surface area contributed by atoms with E-state index in [0.29, 0.717) is 12.3 Å². The molecular weight excluding hydrogens is 360 g/mol. The number of carbonyl (C=O) groups excluding carboxylic acids is 3. The van der Waals surface area contributed by atoms with Crippen LogP contribution in [0.3, 0.4) is 0 Å². The summed E-state index contributed by atoms with van der Waals surface area (Å²) in [5.74, 6) is -0.334. The predicted molar refractivity (Wildman–Crippen MR) is 95.7 cm³/mol. The van der Waals surface area contributed by atoms with Gasteiger partial charge in [0.2, 0.25) is 15.9 Å². The number of amides is 4. The molecule has 0 aromatic heterocycles. The Bertz CT molecular complexity index is 685. The maximum Gasteiger partial charge on any atom is 0.325 e. The molecule has 2 heterocycles. The normalized spacial score (nSPS) is 25.1. The first-order valence-corrected chi connectivity index (χ1v) is 10.7. The van der Waals surface area contributed by atoms with Gasteiger partial charge in [-0.15, -0.1) is 0 Å². The van der Waals surface area contributed by atoms with E-state index in [4.69, 9.17) is 0 Å². The van der Waals surface area contributed by atoms with Gasteiger partial charge in [-0.2, -0.15) is 4.31 Å². The average molecular weight is 388 g/mol. The fraction of sp³-hybridized carbons (Fsp3) is 0.812. The van der Waals surface area contributed by atoms with E-state index in [-0.39, 0.29) is 44.5 Å². The van der Waals surface area contributed by atoms with Crippen LogP contribution in [0.25, 0.3) is 0 Å². The van der Waals surface area contributed by atoms with Gasteiger partial charge in [0.05, 0.1) is 6.26 Å². The Labute approximate surface area is 154 Å². The van der Waals surface area contributed by atoms with Gasteiger partial charge in [0.25, 0.3) is 5.91 Å². The Morgan fingerprint density at radius 2 is 1.77 bits per heavy atom. The molecule has 2 aliphatic rings. The van der Waals surface area contributed by atoms with Crippen molar-refractivity contribution in [3.8, 4) is 0 Å². The Balaban J connectivity index is 1.95. The lowest BCUT2D eigenvalue weighted by atomic mass is 9.92. The summed E-state index contributed by atoms with van der Waals surface area (Å²) in [5, 5.41) is 2.70. The van der Waals surface area contributed by atoms with Crippen LogP contribution in [0.4, 0.5) is 4.79 Å². The van der Waals surface area contributed by atoms with E-state index in [9.17, 15) is 22.8 Å². The maximum absolute atomic E-state index is 12.6. The predicted octanol–water partition coefficient (Wildman–Crippen LogP) is -0.163. The van der Waals surface area contributed by atoms with E-state index < -0.39 is 21.6 Å². The molecule has 0 spiro atoms. The number of nitrogens with one attached hydrogen (secondary N) is 1. The summed E-state index contributed by atoms with van der Waals surface area (Å²) in [4.78, 5) is 39.7. The number of carbonyl (C=O) groups is 3. The van der Waals surface area contributed by atoms with Crippen LogP contribution in [-0.4, -0.2) is 84.9 Å². The zero-order valence-electron chi connectivity index (χ0n) is 15.8. The first-order chi connectivity index (χ1) is 11.9. The summed E-state index contributed by atoms with van der Waals surface area (Å²) in [5.41, 5.74) is -0.976. The first-order valence-electron chi connectivity index (χ1n) is 8.81. The van der Waals surface area contributed by atoms with E-state index in [1.165, 1.54) is 9.21 Å². The minimum Gasteiger partial charge on any atom is -0.338 e. The number of hydrogen-bond donors (Lipinski definition) is 1. The molecule has 1 N–H and O–H groups in total. The Morgan fingerprint density at radius 1 is 1.19 bits per heavy atom. The van der Waals surface area contributed by atoms with Crippen LogP contribution in [0, 0.1) is 5.92 Å². The highest BCUT2D eigenvalue weighted by Crippen LogP contribution is 2.24. The van der Waals surface area contributed by atoms with Crippen molar-refractivity contribution >= 4 is 27.9 Å². The summed E-state index contributed by atoms with van der Waals surface area (Å²) >= 11 is 0. The molecule has 0 aromatic rings. The minimum atomic E-state index is -3.28. The second-order valence-electron chi connectivity index (χ2n) is 7.63. The topological polar surface area (TPSA) is 107 Å². The molecule has 2 rings (SSSR count). The summed E-state index contributed by atoms with van der Waals surface area (Å²) in [7, 11) is -3.28. The van der Waals surface area contributed by atoms with Gasteiger partial charge in [-0.05, 0) is 25.7 Å². The fourth-order valence-corrected chi connectivity index (χ4v) is 3.97. The maximum atomic E-state index is 12.6. The molecule has 10 heteroatoms. The first kappa shape index (κ1) is 20.6. The third-order valence-electron chi connectivity index (χ3n) is 4.92. The molecule has 2 saturated heterocycles. The quantitative estimate of drug-likeness (QED) is 0.636. The highest BCUT2D eigenvalue weighted by molar-refractivity contribution is 7.88. The smallest absolute Gasteiger partial charge is 0.325 e. The van der Waals surface area contributed by atoms with Crippen molar-refractivity contribution in [1.29, 1.82) is 0 Å². The molecule has 148 valence electrons. The SMILES string of the molecule is CC(C)CCC1(C)NC(=O)N(CC(=O)N2CCN(S(C)(=O)=O)CC2)C1=O. The number of rotatable bonds is 6. The van der Waals surface area contributed by atoms with Crippen LogP contribution in [0.5, 0.6) is 0 Å². The van der Waals surface area contributed by atoms with Gasteiger partial charge < -0.3 is 10.2 Å². The van der Waals surface area contributed by atoms with Crippen molar-refractivity contribution in [2.45, 2.75) is 39.2 Å². The highest BCUT2D eigenvalue weighted by Gasteiger charge is 2.48. The van der Waals surface area contributed by atoms with Crippen LogP contribution in [0.2, 0.25) is 0 Å². The number of imide groups is 1. The number of urea groups is 1. The van der Waals surface area contributed by atoms with Gasteiger partial charge in [-0.1, -0.05) is 13.8 Å². The van der Waals surface area contributed by atoms with E-state index >= 15 is 0 Å². The van der Waals surface area contributed by atoms with Crippen LogP contribution in [0.1, 0.15) is 33.6 Å². The zero-order valence-corrected chi connectivity index (χ0v) is 16.6. The Hall–Kier alpha value is -1.68. The number of piperazine rings is 1. The van der Waals surface area contributed by atoms with E-state index in [1.807, 2.05) is 13.8 Å². The second-order valence-corrected chi connectivity index (χ2v) is 9.61. The summed E-state index contributed by atoms with van der Waals surface area (Å²) < 4.78 is 24.4. The van der Waals surface area contributed by atoms with Crippen molar-refractivity contribution in [2.75, 3.05) is 39.0 Å². The van der Waals surface area contributed by atoms with Crippen molar-refractivity contribution < 1.29 is 22.8 Å². The van der Waals surface area contributed by atoms with Gasteiger partial charge in [-0.3, -0.25) is 14.5 Å². The standard InChI is InChI=1S/C16H28N4O5S/c1-12(2)5-6-16(3)14(22)20(15(23)17-16)11-13(21)18-7-9-19(10-8-18)26(4,24)25/h12H,5-11H2,1-4H3,(H,17,23). The molecule has 0 aliphatic carbocycles. The molecule has 1 unspecified atom stereocenters. The van der Waals surface area contributed by atoms with Crippen molar-refractivity contribution in [3.05, 3.63) is 0 Å². The van der Waals surface area contributed by atoms with Crippen LogP contribution in [-0.2, 0) is 19.6 Å². The van der Waals surface area contributed by atoms with Gasteiger partial charge >= 0.3 is 6.03 Å². The highest BCUT2D eigenvalue weighted by atomic mass is 32.2. The Kier molecular flexibility index (Phi) is 5.96. The van der Waals surface area contributed by atoms with Crippen molar-refractivity contribution in [3.63, 3.8) is 0 Å².